The molecule has 0 saturated heterocycles. The van der Waals surface area contributed by atoms with Gasteiger partial charge in [0.05, 0.1) is 0 Å². The van der Waals surface area contributed by atoms with E-state index in [1.165, 1.54) is 7.05 Å². The van der Waals surface area contributed by atoms with Crippen LogP contribution in [0.15, 0.2) is 24.3 Å². The summed E-state index contributed by atoms with van der Waals surface area (Å²) in [4.78, 5) is 10.9. The van der Waals surface area contributed by atoms with Crippen molar-refractivity contribution in [3.8, 4) is 0 Å². The molecule has 4 nitrogen and oxygen atoms in total. The standard InChI is InChI=1S/C11H10F6N2O2/c1-18-8(20)19-7-4-2-6(3-5-7)9(21,10(12,13)14)11(15,16)17/h2-5,21H,1H3,(H2,18,19,20). The topological polar surface area (TPSA) is 61.4 Å². The predicted molar refractivity (Wildman–Crippen MR) is 60.5 cm³/mol. The Labute approximate surface area is 114 Å². The molecule has 0 aliphatic carbocycles. The zero-order valence-electron chi connectivity index (χ0n) is 10.4. The van der Waals surface area contributed by atoms with E-state index in [4.69, 9.17) is 5.11 Å². The van der Waals surface area contributed by atoms with Crippen molar-refractivity contribution in [1.29, 1.82) is 0 Å². The van der Waals surface area contributed by atoms with Gasteiger partial charge in [0.2, 0.25) is 0 Å². The van der Waals surface area contributed by atoms with Crippen LogP contribution in [-0.4, -0.2) is 30.5 Å². The molecule has 0 aliphatic rings. The number of alkyl halides is 6. The molecule has 118 valence electrons. The van der Waals surface area contributed by atoms with Crippen LogP contribution in [0.25, 0.3) is 0 Å². The van der Waals surface area contributed by atoms with Crippen molar-refractivity contribution in [3.63, 3.8) is 0 Å². The molecule has 1 aromatic carbocycles. The van der Waals surface area contributed by atoms with E-state index >= 15 is 0 Å². The average molecular weight is 316 g/mol. The molecule has 1 aromatic rings. The molecular weight excluding hydrogens is 306 g/mol. The minimum Gasteiger partial charge on any atom is -0.369 e. The summed E-state index contributed by atoms with van der Waals surface area (Å²) in [5.41, 5.74) is -6.42. The number of anilines is 1. The van der Waals surface area contributed by atoms with Crippen molar-refractivity contribution in [2.45, 2.75) is 18.0 Å². The van der Waals surface area contributed by atoms with Crippen LogP contribution in [0.4, 0.5) is 36.8 Å². The van der Waals surface area contributed by atoms with Crippen molar-refractivity contribution in [2.75, 3.05) is 12.4 Å². The fourth-order valence-corrected chi connectivity index (χ4v) is 1.48. The lowest BCUT2D eigenvalue weighted by Gasteiger charge is -2.32. The summed E-state index contributed by atoms with van der Waals surface area (Å²) in [6.07, 6.45) is -11.9. The molecular formula is C11H10F6N2O2. The van der Waals surface area contributed by atoms with Crippen LogP contribution in [0.3, 0.4) is 0 Å². The summed E-state index contributed by atoms with van der Waals surface area (Å²) in [5, 5.41) is 13.4. The number of carbonyl (C=O) groups is 1. The Morgan fingerprint density at radius 2 is 1.43 bits per heavy atom. The molecule has 3 N–H and O–H groups in total. The highest BCUT2D eigenvalue weighted by Crippen LogP contribution is 2.50. The minimum atomic E-state index is -5.94. The van der Waals surface area contributed by atoms with Crippen molar-refractivity contribution in [3.05, 3.63) is 29.8 Å². The first-order chi connectivity index (χ1) is 9.43. The van der Waals surface area contributed by atoms with Crippen LogP contribution in [0.2, 0.25) is 0 Å². The second-order valence-electron chi connectivity index (χ2n) is 3.99. The van der Waals surface area contributed by atoms with E-state index in [1.807, 2.05) is 0 Å². The van der Waals surface area contributed by atoms with E-state index in [0.717, 1.165) is 12.1 Å². The first-order valence-corrected chi connectivity index (χ1v) is 5.38. The molecule has 0 saturated carbocycles. The molecule has 0 aliphatic heterocycles. The Bertz CT molecular complexity index is 495. The predicted octanol–water partition coefficient (Wildman–Crippen LogP) is 2.75. The molecule has 21 heavy (non-hydrogen) atoms. The van der Waals surface area contributed by atoms with Crippen molar-refractivity contribution >= 4 is 11.7 Å². The molecule has 0 bridgehead atoms. The third kappa shape index (κ3) is 3.20. The fourth-order valence-electron chi connectivity index (χ4n) is 1.48. The van der Waals surface area contributed by atoms with Gasteiger partial charge < -0.3 is 15.7 Å². The highest BCUT2D eigenvalue weighted by molar-refractivity contribution is 5.88. The van der Waals surface area contributed by atoms with Gasteiger partial charge in [0.15, 0.2) is 0 Å². The van der Waals surface area contributed by atoms with Crippen molar-refractivity contribution in [1.82, 2.24) is 5.32 Å². The Morgan fingerprint density at radius 3 is 1.76 bits per heavy atom. The van der Waals surface area contributed by atoms with E-state index in [-0.39, 0.29) is 5.69 Å². The number of halogens is 6. The van der Waals surface area contributed by atoms with Crippen molar-refractivity contribution in [2.24, 2.45) is 0 Å². The maximum absolute atomic E-state index is 12.6. The molecule has 0 fully saturated rings. The van der Waals surface area contributed by atoms with Gasteiger partial charge in [-0.2, -0.15) is 26.3 Å². The lowest BCUT2D eigenvalue weighted by atomic mass is 9.92. The lowest BCUT2D eigenvalue weighted by molar-refractivity contribution is -0.376. The van der Waals surface area contributed by atoms with Crippen LogP contribution in [0, 0.1) is 0 Å². The minimum absolute atomic E-state index is 0.0372. The Kier molecular flexibility index (Phi) is 4.42. The maximum Gasteiger partial charge on any atom is 0.430 e. The van der Waals surface area contributed by atoms with Crippen LogP contribution in [-0.2, 0) is 5.60 Å². The number of benzene rings is 1. The summed E-state index contributed by atoms with van der Waals surface area (Å²) >= 11 is 0. The van der Waals surface area contributed by atoms with Crippen molar-refractivity contribution < 1.29 is 36.2 Å². The van der Waals surface area contributed by atoms with E-state index in [2.05, 4.69) is 10.6 Å². The highest BCUT2D eigenvalue weighted by atomic mass is 19.4. The van der Waals surface area contributed by atoms with Gasteiger partial charge in [-0.3, -0.25) is 0 Å². The summed E-state index contributed by atoms with van der Waals surface area (Å²) in [6, 6.07) is 1.79. The van der Waals surface area contributed by atoms with E-state index in [1.54, 1.807) is 0 Å². The number of urea groups is 1. The first kappa shape index (κ1) is 17.1. The van der Waals surface area contributed by atoms with E-state index in [0.29, 0.717) is 12.1 Å². The number of rotatable bonds is 2. The monoisotopic (exact) mass is 316 g/mol. The molecule has 0 heterocycles. The lowest BCUT2D eigenvalue weighted by Crippen LogP contribution is -2.53. The first-order valence-electron chi connectivity index (χ1n) is 5.38. The zero-order chi connectivity index (χ0) is 16.5. The Hall–Kier alpha value is -1.97. The maximum atomic E-state index is 12.6. The van der Waals surface area contributed by atoms with Crippen LogP contribution in [0.5, 0.6) is 0 Å². The fraction of sp³-hybridized carbons (Fsp3) is 0.364. The van der Waals surface area contributed by atoms with E-state index < -0.39 is 29.5 Å². The molecule has 0 spiro atoms. The van der Waals surface area contributed by atoms with Gasteiger partial charge in [-0.15, -0.1) is 0 Å². The zero-order valence-corrected chi connectivity index (χ0v) is 10.4. The number of amides is 2. The number of carbonyl (C=O) groups excluding carboxylic acids is 1. The van der Waals surface area contributed by atoms with Gasteiger partial charge in [0.1, 0.15) is 0 Å². The van der Waals surface area contributed by atoms with Gasteiger partial charge in [-0.05, 0) is 12.1 Å². The molecule has 10 heteroatoms. The summed E-state index contributed by atoms with van der Waals surface area (Å²) in [6.45, 7) is 0. The van der Waals surface area contributed by atoms with E-state index in [9.17, 15) is 31.1 Å². The molecule has 0 unspecified atom stereocenters. The number of hydrogen-bond acceptors (Lipinski definition) is 2. The van der Waals surface area contributed by atoms with Gasteiger partial charge >= 0.3 is 18.4 Å². The molecule has 1 rings (SSSR count). The Morgan fingerprint density at radius 1 is 1.00 bits per heavy atom. The van der Waals surface area contributed by atoms with Gasteiger partial charge in [0.25, 0.3) is 5.60 Å². The average Bonchev–Trinajstić information content (AvgIpc) is 2.35. The normalized spacial score (nSPS) is 13.0. The molecule has 2 amide bonds. The molecule has 0 aromatic heterocycles. The molecule has 0 atom stereocenters. The number of hydrogen-bond donors (Lipinski definition) is 3. The van der Waals surface area contributed by atoms with Gasteiger partial charge in [-0.25, -0.2) is 4.79 Å². The van der Waals surface area contributed by atoms with Gasteiger partial charge in [-0.1, -0.05) is 12.1 Å². The van der Waals surface area contributed by atoms with Crippen LogP contribution >= 0.6 is 0 Å². The SMILES string of the molecule is CNC(=O)Nc1ccc(C(O)(C(F)(F)F)C(F)(F)F)cc1. The molecule has 0 radical (unpaired) electrons. The van der Waals surface area contributed by atoms with Crippen LogP contribution < -0.4 is 10.6 Å². The Balaban J connectivity index is 3.21. The summed E-state index contributed by atoms with van der Waals surface area (Å²) in [7, 11) is 1.27. The largest absolute Gasteiger partial charge is 0.430 e. The van der Waals surface area contributed by atoms with Gasteiger partial charge in [0, 0.05) is 18.3 Å². The van der Waals surface area contributed by atoms with Crippen LogP contribution in [0.1, 0.15) is 5.56 Å². The smallest absolute Gasteiger partial charge is 0.369 e. The summed E-state index contributed by atoms with van der Waals surface area (Å²) < 4.78 is 75.6. The second-order valence-corrected chi connectivity index (χ2v) is 3.99. The number of aliphatic hydroxyl groups is 1. The third-order valence-electron chi connectivity index (χ3n) is 2.61. The highest BCUT2D eigenvalue weighted by Gasteiger charge is 2.71. The summed E-state index contributed by atoms with van der Waals surface area (Å²) in [5.74, 6) is 0. The number of nitrogens with one attached hydrogen (secondary N) is 2. The quantitative estimate of drug-likeness (QED) is 0.735. The third-order valence-corrected chi connectivity index (χ3v) is 2.61. The second kappa shape index (κ2) is 5.43.